The van der Waals surface area contributed by atoms with Gasteiger partial charge < -0.3 is 14.6 Å². The SMILES string of the molecule is CO.O=c1c(-c2ccccc2)coc2cc(O)ccc12. The second kappa shape index (κ2) is 6.04. The molecule has 0 saturated heterocycles. The summed E-state index contributed by atoms with van der Waals surface area (Å²) < 4.78 is 5.40. The van der Waals surface area contributed by atoms with Crippen molar-refractivity contribution in [3.05, 3.63) is 65.0 Å². The number of phenolic OH excluding ortho intramolecular Hbond substituents is 1. The van der Waals surface area contributed by atoms with E-state index in [4.69, 9.17) is 9.52 Å². The topological polar surface area (TPSA) is 70.7 Å². The molecule has 0 unspecified atom stereocenters. The van der Waals surface area contributed by atoms with E-state index in [1.807, 2.05) is 30.3 Å². The first kappa shape index (κ1) is 13.8. The Hall–Kier alpha value is -2.59. The zero-order valence-corrected chi connectivity index (χ0v) is 10.9. The van der Waals surface area contributed by atoms with Crippen molar-refractivity contribution in [1.82, 2.24) is 0 Å². The van der Waals surface area contributed by atoms with Crippen LogP contribution in [0.1, 0.15) is 0 Å². The van der Waals surface area contributed by atoms with E-state index < -0.39 is 0 Å². The number of aliphatic hydroxyl groups excluding tert-OH is 1. The standard InChI is InChI=1S/C15H10O3.CH4O/c16-11-6-7-12-14(8-11)18-9-13(15(12)17)10-4-2-1-3-5-10;1-2/h1-9,16H;2H,1H3. The van der Waals surface area contributed by atoms with Crippen LogP contribution in [0, 0.1) is 0 Å². The number of aromatic hydroxyl groups is 1. The first-order chi connectivity index (χ1) is 9.75. The van der Waals surface area contributed by atoms with Crippen molar-refractivity contribution in [2.45, 2.75) is 0 Å². The molecule has 2 aromatic carbocycles. The highest BCUT2D eigenvalue weighted by molar-refractivity contribution is 5.82. The smallest absolute Gasteiger partial charge is 0.200 e. The van der Waals surface area contributed by atoms with Gasteiger partial charge in [0.05, 0.1) is 10.9 Å². The number of hydrogen-bond acceptors (Lipinski definition) is 4. The highest BCUT2D eigenvalue weighted by Gasteiger charge is 2.08. The largest absolute Gasteiger partial charge is 0.508 e. The van der Waals surface area contributed by atoms with Crippen molar-refractivity contribution in [2.24, 2.45) is 0 Å². The molecule has 102 valence electrons. The second-order valence-electron chi connectivity index (χ2n) is 4.02. The van der Waals surface area contributed by atoms with Crippen LogP contribution in [0.3, 0.4) is 0 Å². The summed E-state index contributed by atoms with van der Waals surface area (Å²) in [5.74, 6) is 0.0816. The average molecular weight is 270 g/mol. The van der Waals surface area contributed by atoms with Crippen molar-refractivity contribution in [1.29, 1.82) is 0 Å². The average Bonchev–Trinajstić information content (AvgIpc) is 2.50. The van der Waals surface area contributed by atoms with Gasteiger partial charge in [-0.05, 0) is 17.7 Å². The summed E-state index contributed by atoms with van der Waals surface area (Å²) in [5.41, 5.74) is 1.64. The summed E-state index contributed by atoms with van der Waals surface area (Å²) in [6.45, 7) is 0. The van der Waals surface area contributed by atoms with E-state index in [-0.39, 0.29) is 11.2 Å². The summed E-state index contributed by atoms with van der Waals surface area (Å²) in [6.07, 6.45) is 1.43. The normalized spacial score (nSPS) is 9.90. The van der Waals surface area contributed by atoms with Crippen molar-refractivity contribution >= 4 is 11.0 Å². The third-order valence-electron chi connectivity index (χ3n) is 2.84. The van der Waals surface area contributed by atoms with Gasteiger partial charge in [-0.25, -0.2) is 0 Å². The first-order valence-corrected chi connectivity index (χ1v) is 6.00. The van der Waals surface area contributed by atoms with Crippen LogP contribution >= 0.6 is 0 Å². The van der Waals surface area contributed by atoms with Gasteiger partial charge in [0.15, 0.2) is 5.43 Å². The van der Waals surface area contributed by atoms with Gasteiger partial charge in [-0.2, -0.15) is 0 Å². The molecule has 0 spiro atoms. The fourth-order valence-electron chi connectivity index (χ4n) is 1.93. The molecule has 1 aromatic heterocycles. The lowest BCUT2D eigenvalue weighted by molar-refractivity contribution is 0.399. The Labute approximate surface area is 115 Å². The molecule has 0 atom stereocenters. The van der Waals surface area contributed by atoms with Crippen molar-refractivity contribution in [3.63, 3.8) is 0 Å². The summed E-state index contributed by atoms with van der Waals surface area (Å²) >= 11 is 0. The van der Waals surface area contributed by atoms with E-state index in [9.17, 15) is 9.90 Å². The third kappa shape index (κ3) is 2.55. The molecule has 0 saturated carbocycles. The van der Waals surface area contributed by atoms with Crippen LogP contribution in [-0.4, -0.2) is 17.3 Å². The van der Waals surface area contributed by atoms with Gasteiger partial charge in [0, 0.05) is 13.2 Å². The van der Waals surface area contributed by atoms with Gasteiger partial charge in [0.2, 0.25) is 0 Å². The lowest BCUT2D eigenvalue weighted by Gasteiger charge is -2.02. The van der Waals surface area contributed by atoms with Gasteiger partial charge in [-0.3, -0.25) is 4.79 Å². The van der Waals surface area contributed by atoms with Crippen molar-refractivity contribution < 1.29 is 14.6 Å². The van der Waals surface area contributed by atoms with Crippen molar-refractivity contribution in [2.75, 3.05) is 7.11 Å². The van der Waals surface area contributed by atoms with Crippen LogP contribution in [-0.2, 0) is 0 Å². The summed E-state index contributed by atoms with van der Waals surface area (Å²) in [6, 6.07) is 13.8. The van der Waals surface area contributed by atoms with Crippen LogP contribution < -0.4 is 5.43 Å². The lowest BCUT2D eigenvalue weighted by atomic mass is 10.1. The lowest BCUT2D eigenvalue weighted by Crippen LogP contribution is -2.04. The highest BCUT2D eigenvalue weighted by atomic mass is 16.3. The molecule has 4 heteroatoms. The Bertz CT molecular complexity index is 760. The molecule has 0 aliphatic rings. The molecule has 1 heterocycles. The molecular formula is C16H14O4. The second-order valence-corrected chi connectivity index (χ2v) is 4.02. The monoisotopic (exact) mass is 270 g/mol. The Morgan fingerprint density at radius 2 is 1.70 bits per heavy atom. The van der Waals surface area contributed by atoms with E-state index in [0.717, 1.165) is 12.7 Å². The molecule has 0 aliphatic heterocycles. The number of fused-ring (bicyclic) bond motifs is 1. The fraction of sp³-hybridized carbons (Fsp3) is 0.0625. The number of aliphatic hydroxyl groups is 1. The van der Waals surface area contributed by atoms with Gasteiger partial charge in [0.1, 0.15) is 17.6 Å². The zero-order chi connectivity index (χ0) is 14.5. The summed E-state index contributed by atoms with van der Waals surface area (Å²) in [4.78, 5) is 12.3. The molecular weight excluding hydrogens is 256 g/mol. The Kier molecular flexibility index (Phi) is 4.17. The van der Waals surface area contributed by atoms with Gasteiger partial charge in [0.25, 0.3) is 0 Å². The van der Waals surface area contributed by atoms with Gasteiger partial charge in [-0.15, -0.1) is 0 Å². The van der Waals surface area contributed by atoms with Crippen LogP contribution in [0.5, 0.6) is 5.75 Å². The third-order valence-corrected chi connectivity index (χ3v) is 2.84. The van der Waals surface area contributed by atoms with E-state index >= 15 is 0 Å². The number of hydrogen-bond donors (Lipinski definition) is 2. The molecule has 0 fully saturated rings. The van der Waals surface area contributed by atoms with E-state index in [1.54, 1.807) is 6.07 Å². The number of benzene rings is 2. The molecule has 0 amide bonds. The van der Waals surface area contributed by atoms with Gasteiger partial charge in [-0.1, -0.05) is 30.3 Å². The predicted molar refractivity (Wildman–Crippen MR) is 77.7 cm³/mol. The molecule has 20 heavy (non-hydrogen) atoms. The Morgan fingerprint density at radius 3 is 2.40 bits per heavy atom. The maximum atomic E-state index is 12.3. The molecule has 4 nitrogen and oxygen atoms in total. The quantitative estimate of drug-likeness (QED) is 0.713. The molecule has 2 N–H and O–H groups in total. The summed E-state index contributed by atoms with van der Waals surface area (Å²) in [7, 11) is 1.00. The van der Waals surface area contributed by atoms with Crippen molar-refractivity contribution in [3.8, 4) is 16.9 Å². The minimum Gasteiger partial charge on any atom is -0.508 e. The number of rotatable bonds is 1. The number of phenols is 1. The molecule has 0 aliphatic carbocycles. The molecule has 0 radical (unpaired) electrons. The van der Waals surface area contributed by atoms with Crippen LogP contribution in [0.15, 0.2) is 64.0 Å². The Morgan fingerprint density at radius 1 is 1.00 bits per heavy atom. The molecule has 3 aromatic rings. The minimum absolute atomic E-state index is 0.0816. The minimum atomic E-state index is -0.0950. The first-order valence-electron chi connectivity index (χ1n) is 6.00. The predicted octanol–water partition coefficient (Wildman–Crippen LogP) is 2.77. The van der Waals surface area contributed by atoms with Crippen LogP contribution in [0.25, 0.3) is 22.1 Å². The molecule has 0 bridgehead atoms. The van der Waals surface area contributed by atoms with Crippen LogP contribution in [0.2, 0.25) is 0 Å². The van der Waals surface area contributed by atoms with E-state index in [1.165, 1.54) is 18.4 Å². The van der Waals surface area contributed by atoms with Crippen LogP contribution in [0.4, 0.5) is 0 Å². The molecule has 3 rings (SSSR count). The highest BCUT2D eigenvalue weighted by Crippen LogP contribution is 2.22. The van der Waals surface area contributed by atoms with E-state index in [2.05, 4.69) is 0 Å². The maximum absolute atomic E-state index is 12.3. The fourth-order valence-corrected chi connectivity index (χ4v) is 1.93. The Balaban J connectivity index is 0.000000704. The zero-order valence-electron chi connectivity index (χ0n) is 10.9. The van der Waals surface area contributed by atoms with Gasteiger partial charge >= 0.3 is 0 Å². The summed E-state index contributed by atoms with van der Waals surface area (Å²) in [5, 5.41) is 16.8. The van der Waals surface area contributed by atoms with E-state index in [0.29, 0.717) is 16.5 Å². The maximum Gasteiger partial charge on any atom is 0.200 e.